The Morgan fingerprint density at radius 3 is 2.36 bits per heavy atom. The van der Waals surface area contributed by atoms with Crippen LogP contribution in [-0.2, 0) is 0 Å². The third-order valence-corrected chi connectivity index (χ3v) is 1.84. The van der Waals surface area contributed by atoms with Gasteiger partial charge in [-0.15, -0.1) is 0 Å². The van der Waals surface area contributed by atoms with Gasteiger partial charge in [0.25, 0.3) is 0 Å². The summed E-state index contributed by atoms with van der Waals surface area (Å²) in [7, 11) is 2.79. The van der Waals surface area contributed by atoms with Crippen LogP contribution in [0.3, 0.4) is 0 Å². The second kappa shape index (κ2) is 4.09. The Bertz CT molecular complexity index is 361. The van der Waals surface area contributed by atoms with Gasteiger partial charge in [0.2, 0.25) is 0 Å². The van der Waals surface area contributed by atoms with Crippen molar-refractivity contribution in [1.29, 1.82) is 0 Å². The summed E-state index contributed by atoms with van der Waals surface area (Å²) in [4.78, 5) is 11.1. The van der Waals surface area contributed by atoms with Crippen molar-refractivity contribution in [2.75, 3.05) is 14.2 Å². The van der Waals surface area contributed by atoms with Gasteiger partial charge in [-0.05, 0) is 6.92 Å². The van der Waals surface area contributed by atoms with Crippen LogP contribution in [0, 0.1) is 5.82 Å². The van der Waals surface area contributed by atoms with E-state index in [0.29, 0.717) is 5.75 Å². The van der Waals surface area contributed by atoms with Gasteiger partial charge in [-0.2, -0.15) is 0 Å². The van der Waals surface area contributed by atoms with Crippen LogP contribution in [-0.4, -0.2) is 20.0 Å². The van der Waals surface area contributed by atoms with E-state index >= 15 is 0 Å². The summed E-state index contributed by atoms with van der Waals surface area (Å²) in [6.07, 6.45) is 0. The van der Waals surface area contributed by atoms with Crippen LogP contribution in [0.5, 0.6) is 11.5 Å². The molecule has 0 atom stereocenters. The lowest BCUT2D eigenvalue weighted by atomic mass is 10.1. The highest BCUT2D eigenvalue weighted by molar-refractivity contribution is 5.97. The van der Waals surface area contributed by atoms with Gasteiger partial charge in [-0.1, -0.05) is 0 Å². The molecule has 4 heteroatoms. The number of hydrogen-bond acceptors (Lipinski definition) is 3. The van der Waals surface area contributed by atoms with Crippen molar-refractivity contribution in [3.05, 3.63) is 23.5 Å². The second-order valence-corrected chi connectivity index (χ2v) is 2.74. The zero-order valence-corrected chi connectivity index (χ0v) is 8.26. The molecular weight excluding hydrogens is 187 g/mol. The van der Waals surface area contributed by atoms with E-state index in [1.54, 1.807) is 0 Å². The quantitative estimate of drug-likeness (QED) is 0.697. The molecule has 3 nitrogen and oxygen atoms in total. The molecule has 0 aromatic heterocycles. The zero-order chi connectivity index (χ0) is 10.7. The maximum Gasteiger partial charge on any atom is 0.166 e. The van der Waals surface area contributed by atoms with Crippen LogP contribution < -0.4 is 9.47 Å². The summed E-state index contributed by atoms with van der Waals surface area (Å²) in [6.45, 7) is 1.29. The fourth-order valence-corrected chi connectivity index (χ4v) is 1.18. The van der Waals surface area contributed by atoms with Crippen LogP contribution in [0.2, 0.25) is 0 Å². The summed E-state index contributed by atoms with van der Waals surface area (Å²) in [5.74, 6) is -0.491. The first kappa shape index (κ1) is 10.5. The molecule has 0 spiro atoms. The Kier molecular flexibility index (Phi) is 3.06. The second-order valence-electron chi connectivity index (χ2n) is 2.74. The molecule has 0 fully saturated rings. The number of carbonyl (C=O) groups is 1. The summed E-state index contributed by atoms with van der Waals surface area (Å²) in [5.41, 5.74) is -0.0479. The molecule has 0 unspecified atom stereocenters. The van der Waals surface area contributed by atoms with Gasteiger partial charge in [0.05, 0.1) is 19.8 Å². The molecule has 14 heavy (non-hydrogen) atoms. The summed E-state index contributed by atoms with van der Waals surface area (Å²) in [6, 6.07) is 2.62. The number of benzene rings is 1. The third-order valence-electron chi connectivity index (χ3n) is 1.84. The summed E-state index contributed by atoms with van der Waals surface area (Å²) >= 11 is 0. The first-order valence-corrected chi connectivity index (χ1v) is 4.02. The molecule has 0 aliphatic heterocycles. The minimum absolute atomic E-state index is 0.0479. The van der Waals surface area contributed by atoms with E-state index in [1.165, 1.54) is 27.2 Å². The van der Waals surface area contributed by atoms with E-state index in [4.69, 9.17) is 9.47 Å². The molecular formula is C10H11FO3. The van der Waals surface area contributed by atoms with Crippen molar-refractivity contribution >= 4 is 5.78 Å². The normalized spacial score (nSPS) is 9.71. The smallest absolute Gasteiger partial charge is 0.166 e. The molecule has 0 radical (unpaired) electrons. The van der Waals surface area contributed by atoms with Crippen molar-refractivity contribution in [1.82, 2.24) is 0 Å². The predicted molar refractivity (Wildman–Crippen MR) is 49.5 cm³/mol. The number of carbonyl (C=O) groups excluding carboxylic acids is 1. The van der Waals surface area contributed by atoms with Gasteiger partial charge in [-0.25, -0.2) is 4.39 Å². The zero-order valence-electron chi connectivity index (χ0n) is 8.26. The average Bonchev–Trinajstić information content (AvgIpc) is 2.15. The number of methoxy groups -OCH3 is 2. The number of rotatable bonds is 3. The van der Waals surface area contributed by atoms with E-state index in [2.05, 4.69) is 0 Å². The highest BCUT2D eigenvalue weighted by Gasteiger charge is 2.15. The van der Waals surface area contributed by atoms with Crippen molar-refractivity contribution in [3.63, 3.8) is 0 Å². The minimum Gasteiger partial charge on any atom is -0.497 e. The Morgan fingerprint density at radius 2 is 1.93 bits per heavy atom. The number of hydrogen-bond donors (Lipinski definition) is 0. The summed E-state index contributed by atoms with van der Waals surface area (Å²) < 4.78 is 23.1. The molecule has 0 heterocycles. The fourth-order valence-electron chi connectivity index (χ4n) is 1.18. The fraction of sp³-hybridized carbons (Fsp3) is 0.300. The van der Waals surface area contributed by atoms with Crippen molar-refractivity contribution in [2.24, 2.45) is 0 Å². The molecule has 0 amide bonds. The number of Topliss-reactive ketones (excluding diaryl/α,β-unsaturated/α-hetero) is 1. The third kappa shape index (κ3) is 1.84. The highest BCUT2D eigenvalue weighted by Crippen LogP contribution is 2.27. The molecule has 0 N–H and O–H groups in total. The average molecular weight is 198 g/mol. The number of ketones is 1. The minimum atomic E-state index is -0.631. The van der Waals surface area contributed by atoms with Gasteiger partial charge >= 0.3 is 0 Å². The molecule has 0 saturated heterocycles. The predicted octanol–water partition coefficient (Wildman–Crippen LogP) is 2.05. The van der Waals surface area contributed by atoms with Gasteiger partial charge < -0.3 is 9.47 Å². The lowest BCUT2D eigenvalue weighted by molar-refractivity contribution is 0.101. The number of ether oxygens (including phenoxy) is 2. The Labute approximate surface area is 81.4 Å². The standard InChI is InChI=1S/C10H11FO3/c1-6(12)10-8(11)4-7(13-2)5-9(10)14-3/h4-5H,1-3H3. The van der Waals surface area contributed by atoms with Gasteiger partial charge in [0, 0.05) is 12.1 Å². The Hall–Kier alpha value is -1.58. The van der Waals surface area contributed by atoms with Crippen LogP contribution in [0.15, 0.2) is 12.1 Å². The largest absolute Gasteiger partial charge is 0.497 e. The monoisotopic (exact) mass is 198 g/mol. The molecule has 0 aliphatic rings. The van der Waals surface area contributed by atoms with Gasteiger partial charge in [-0.3, -0.25) is 4.79 Å². The maximum atomic E-state index is 13.4. The van der Waals surface area contributed by atoms with Gasteiger partial charge in [0.1, 0.15) is 17.3 Å². The molecule has 0 aliphatic carbocycles. The highest BCUT2D eigenvalue weighted by atomic mass is 19.1. The molecule has 0 bridgehead atoms. The van der Waals surface area contributed by atoms with E-state index in [0.717, 1.165) is 6.07 Å². The van der Waals surface area contributed by atoms with E-state index in [-0.39, 0.29) is 17.1 Å². The molecule has 76 valence electrons. The summed E-state index contributed by atoms with van der Waals surface area (Å²) in [5, 5.41) is 0. The van der Waals surface area contributed by atoms with Crippen molar-refractivity contribution in [3.8, 4) is 11.5 Å². The topological polar surface area (TPSA) is 35.5 Å². The van der Waals surface area contributed by atoms with Crippen molar-refractivity contribution < 1.29 is 18.7 Å². The van der Waals surface area contributed by atoms with Crippen LogP contribution >= 0.6 is 0 Å². The Morgan fingerprint density at radius 1 is 1.29 bits per heavy atom. The van der Waals surface area contributed by atoms with Crippen LogP contribution in [0.4, 0.5) is 4.39 Å². The van der Waals surface area contributed by atoms with Crippen LogP contribution in [0.1, 0.15) is 17.3 Å². The SMILES string of the molecule is COc1cc(F)c(C(C)=O)c(OC)c1. The lowest BCUT2D eigenvalue weighted by Crippen LogP contribution is -2.02. The first-order chi connectivity index (χ1) is 6.60. The maximum absolute atomic E-state index is 13.4. The van der Waals surface area contributed by atoms with E-state index in [9.17, 15) is 9.18 Å². The Balaban J connectivity index is 3.34. The van der Waals surface area contributed by atoms with E-state index in [1.807, 2.05) is 0 Å². The molecule has 1 aromatic carbocycles. The van der Waals surface area contributed by atoms with Gasteiger partial charge in [0.15, 0.2) is 5.78 Å². The molecule has 1 rings (SSSR count). The first-order valence-electron chi connectivity index (χ1n) is 4.02. The lowest BCUT2D eigenvalue weighted by Gasteiger charge is -2.08. The van der Waals surface area contributed by atoms with E-state index < -0.39 is 5.82 Å². The number of halogens is 1. The molecule has 1 aromatic rings. The van der Waals surface area contributed by atoms with Crippen LogP contribution in [0.25, 0.3) is 0 Å². The molecule has 0 saturated carbocycles. The van der Waals surface area contributed by atoms with Crippen molar-refractivity contribution in [2.45, 2.75) is 6.92 Å².